The van der Waals surface area contributed by atoms with Gasteiger partial charge >= 0.3 is 5.97 Å². The zero-order valence-corrected chi connectivity index (χ0v) is 11.7. The first-order valence-corrected chi connectivity index (χ1v) is 7.27. The summed E-state index contributed by atoms with van der Waals surface area (Å²) in [6.45, 7) is 2.80. The van der Waals surface area contributed by atoms with Crippen LogP contribution in [0.1, 0.15) is 6.92 Å². The number of hydrogen-bond acceptors (Lipinski definition) is 7. The molecule has 1 aromatic heterocycles. The lowest BCUT2D eigenvalue weighted by molar-refractivity contribution is -0.137. The fourth-order valence-electron chi connectivity index (χ4n) is 1.03. The van der Waals surface area contributed by atoms with E-state index in [1.807, 2.05) is 19.2 Å². The van der Waals surface area contributed by atoms with Crippen LogP contribution in [0.5, 0.6) is 0 Å². The largest absolute Gasteiger partial charge is 0.468 e. The first-order chi connectivity index (χ1) is 8.19. The lowest BCUT2D eigenvalue weighted by Crippen LogP contribution is -2.05. The highest BCUT2D eigenvalue weighted by molar-refractivity contribution is 8.00. The summed E-state index contributed by atoms with van der Waals surface area (Å²) in [5.74, 6) is 0.774. The van der Waals surface area contributed by atoms with Gasteiger partial charge in [0.2, 0.25) is 0 Å². The predicted molar refractivity (Wildman–Crippen MR) is 70.7 cm³/mol. The van der Waals surface area contributed by atoms with Crippen molar-refractivity contribution in [2.24, 2.45) is 0 Å². The van der Waals surface area contributed by atoms with Gasteiger partial charge in [-0.15, -0.1) is 0 Å². The van der Waals surface area contributed by atoms with Gasteiger partial charge in [0.05, 0.1) is 12.9 Å². The zero-order valence-electron chi connectivity index (χ0n) is 10.0. The first kappa shape index (κ1) is 14.1. The van der Waals surface area contributed by atoms with Crippen LogP contribution >= 0.6 is 23.5 Å². The minimum atomic E-state index is -0.260. The molecule has 0 aliphatic rings. The number of hydrogen-bond donors (Lipinski definition) is 1. The molecule has 0 saturated carbocycles. The second-order valence-electron chi connectivity index (χ2n) is 2.97. The highest BCUT2D eigenvalue weighted by Gasteiger charge is 2.07. The lowest BCUT2D eigenvalue weighted by Gasteiger charge is -2.06. The molecule has 0 aliphatic carbocycles. The van der Waals surface area contributed by atoms with E-state index >= 15 is 0 Å². The van der Waals surface area contributed by atoms with E-state index in [1.165, 1.54) is 30.6 Å². The second kappa shape index (κ2) is 7.39. The fraction of sp³-hybridized carbons (Fsp3) is 0.500. The van der Waals surface area contributed by atoms with E-state index in [9.17, 15) is 4.79 Å². The third-order valence-corrected chi connectivity index (χ3v) is 3.22. The van der Waals surface area contributed by atoms with Crippen molar-refractivity contribution in [3.05, 3.63) is 6.07 Å². The third kappa shape index (κ3) is 4.82. The second-order valence-corrected chi connectivity index (χ2v) is 4.74. The van der Waals surface area contributed by atoms with Crippen molar-refractivity contribution >= 4 is 35.3 Å². The summed E-state index contributed by atoms with van der Waals surface area (Å²) in [7, 11) is 1.38. The summed E-state index contributed by atoms with van der Waals surface area (Å²) in [6.07, 6.45) is 1.92. The van der Waals surface area contributed by atoms with Crippen LogP contribution in [0.4, 0.5) is 5.82 Å². The Kier molecular flexibility index (Phi) is 6.13. The first-order valence-electron chi connectivity index (χ1n) is 5.06. The van der Waals surface area contributed by atoms with Crippen molar-refractivity contribution in [1.82, 2.24) is 9.97 Å². The third-order valence-electron chi connectivity index (χ3n) is 1.79. The lowest BCUT2D eigenvalue weighted by atomic mass is 10.5. The van der Waals surface area contributed by atoms with Gasteiger partial charge in [-0.3, -0.25) is 4.79 Å². The number of carbonyl (C=O) groups is 1. The Labute approximate surface area is 109 Å². The molecule has 1 N–H and O–H groups in total. The number of esters is 1. The molecule has 0 bridgehead atoms. The van der Waals surface area contributed by atoms with Crippen molar-refractivity contribution in [2.75, 3.05) is 31.0 Å². The van der Waals surface area contributed by atoms with Crippen LogP contribution in [0.25, 0.3) is 0 Å². The topological polar surface area (TPSA) is 64.1 Å². The molecule has 5 nitrogen and oxygen atoms in total. The van der Waals surface area contributed by atoms with Crippen molar-refractivity contribution in [3.8, 4) is 0 Å². The standard InChI is InChI=1S/C10H15N3O2S2/c1-4-11-7-5-8(13-10(12-7)16-3)17-6-9(14)15-2/h5H,4,6H2,1-3H3,(H,11,12,13). The normalized spacial score (nSPS) is 10.1. The van der Waals surface area contributed by atoms with E-state index in [2.05, 4.69) is 20.0 Å². The predicted octanol–water partition coefficient (Wildman–Crippen LogP) is 1.90. The molecule has 1 heterocycles. The summed E-state index contributed by atoms with van der Waals surface area (Å²) in [4.78, 5) is 19.7. The monoisotopic (exact) mass is 273 g/mol. The number of anilines is 1. The Morgan fingerprint density at radius 2 is 2.29 bits per heavy atom. The van der Waals surface area contributed by atoms with Crippen LogP contribution in [0.2, 0.25) is 0 Å². The molecule has 0 spiro atoms. The van der Waals surface area contributed by atoms with E-state index < -0.39 is 0 Å². The summed E-state index contributed by atoms with van der Waals surface area (Å²) in [6, 6.07) is 1.83. The molecule has 1 aromatic rings. The number of thioether (sulfide) groups is 2. The van der Waals surface area contributed by atoms with E-state index in [0.717, 1.165) is 17.4 Å². The maximum absolute atomic E-state index is 11.0. The van der Waals surface area contributed by atoms with Gasteiger partial charge in [0.1, 0.15) is 10.8 Å². The van der Waals surface area contributed by atoms with Gasteiger partial charge in [0, 0.05) is 12.6 Å². The van der Waals surface area contributed by atoms with Crippen molar-refractivity contribution in [3.63, 3.8) is 0 Å². The van der Waals surface area contributed by atoms with Crippen LogP contribution < -0.4 is 5.32 Å². The summed E-state index contributed by atoms with van der Waals surface area (Å²) < 4.78 is 4.58. The smallest absolute Gasteiger partial charge is 0.316 e. The molecule has 1 rings (SSSR count). The van der Waals surface area contributed by atoms with Crippen LogP contribution in [0, 0.1) is 0 Å². The van der Waals surface area contributed by atoms with Gasteiger partial charge in [-0.2, -0.15) is 0 Å². The number of nitrogens with zero attached hydrogens (tertiary/aromatic N) is 2. The van der Waals surface area contributed by atoms with Crippen LogP contribution in [-0.2, 0) is 9.53 Å². The molecule has 0 aliphatic heterocycles. The number of rotatable bonds is 6. The quantitative estimate of drug-likeness (QED) is 0.367. The van der Waals surface area contributed by atoms with Gasteiger partial charge in [0.15, 0.2) is 5.16 Å². The molecule has 0 aromatic carbocycles. The Morgan fingerprint density at radius 1 is 1.53 bits per heavy atom. The molecule has 17 heavy (non-hydrogen) atoms. The minimum Gasteiger partial charge on any atom is -0.468 e. The van der Waals surface area contributed by atoms with Crippen molar-refractivity contribution < 1.29 is 9.53 Å². The average molecular weight is 273 g/mol. The molecule has 0 atom stereocenters. The van der Waals surface area contributed by atoms with Crippen molar-refractivity contribution in [1.29, 1.82) is 0 Å². The number of methoxy groups -OCH3 is 1. The molecular formula is C10H15N3O2S2. The Hall–Kier alpha value is -0.950. The van der Waals surface area contributed by atoms with E-state index in [0.29, 0.717) is 5.16 Å². The SMILES string of the molecule is CCNc1cc(SCC(=O)OC)nc(SC)n1. The van der Waals surface area contributed by atoms with Crippen LogP contribution in [0.15, 0.2) is 16.2 Å². The molecule has 0 fully saturated rings. The summed E-state index contributed by atoms with van der Waals surface area (Å²) >= 11 is 2.81. The number of ether oxygens (including phenoxy) is 1. The number of nitrogens with one attached hydrogen (secondary N) is 1. The van der Waals surface area contributed by atoms with Crippen LogP contribution in [0.3, 0.4) is 0 Å². The fourth-order valence-corrected chi connectivity index (χ4v) is 2.20. The molecular weight excluding hydrogens is 258 g/mol. The van der Waals surface area contributed by atoms with E-state index in [1.54, 1.807) is 0 Å². The highest BCUT2D eigenvalue weighted by atomic mass is 32.2. The van der Waals surface area contributed by atoms with Gasteiger partial charge in [-0.25, -0.2) is 9.97 Å². The van der Waals surface area contributed by atoms with E-state index in [4.69, 9.17) is 0 Å². The summed E-state index contributed by atoms with van der Waals surface area (Å²) in [5.41, 5.74) is 0. The van der Waals surface area contributed by atoms with Crippen molar-refractivity contribution in [2.45, 2.75) is 17.1 Å². The molecule has 0 unspecified atom stereocenters. The van der Waals surface area contributed by atoms with Crippen LogP contribution in [-0.4, -0.2) is 41.6 Å². The average Bonchev–Trinajstić information content (AvgIpc) is 2.36. The Bertz CT molecular complexity index is 388. The molecule has 0 radical (unpaired) electrons. The Morgan fingerprint density at radius 3 is 2.88 bits per heavy atom. The summed E-state index contributed by atoms with van der Waals surface area (Å²) in [5, 5.41) is 4.59. The number of aromatic nitrogens is 2. The zero-order chi connectivity index (χ0) is 12.7. The highest BCUT2D eigenvalue weighted by Crippen LogP contribution is 2.21. The molecule has 0 amide bonds. The van der Waals surface area contributed by atoms with E-state index in [-0.39, 0.29) is 11.7 Å². The molecule has 94 valence electrons. The maximum atomic E-state index is 11.0. The minimum absolute atomic E-state index is 0.257. The van der Waals surface area contributed by atoms with Gasteiger partial charge in [-0.05, 0) is 13.2 Å². The van der Waals surface area contributed by atoms with Gasteiger partial charge in [0.25, 0.3) is 0 Å². The Balaban J connectivity index is 2.75. The van der Waals surface area contributed by atoms with Gasteiger partial charge < -0.3 is 10.1 Å². The number of carbonyl (C=O) groups excluding carboxylic acids is 1. The molecule has 0 saturated heterocycles. The van der Waals surface area contributed by atoms with Gasteiger partial charge in [-0.1, -0.05) is 23.5 Å². The maximum Gasteiger partial charge on any atom is 0.316 e. The molecule has 7 heteroatoms.